The quantitative estimate of drug-likeness (QED) is 0.202. The van der Waals surface area contributed by atoms with Gasteiger partial charge in [0.2, 0.25) is 6.41 Å². The summed E-state index contributed by atoms with van der Waals surface area (Å²) in [5, 5.41) is 2.57. The fraction of sp³-hybridized carbons (Fsp3) is 0.485. The number of aromatic nitrogens is 2. The highest BCUT2D eigenvalue weighted by Crippen LogP contribution is 2.34. The predicted octanol–water partition coefficient (Wildman–Crippen LogP) is 7.35. The largest absolute Gasteiger partial charge is 0.493 e. The molecule has 4 rings (SSSR count). The van der Waals surface area contributed by atoms with Crippen molar-refractivity contribution in [3.63, 3.8) is 0 Å². The summed E-state index contributed by atoms with van der Waals surface area (Å²) < 4.78 is 5.74. The number of fused-ring (bicyclic) bond motifs is 1. The third kappa shape index (κ3) is 11.9. The Balaban J connectivity index is 0.000000276. The van der Waals surface area contributed by atoms with Gasteiger partial charge in [-0.25, -0.2) is 0 Å². The summed E-state index contributed by atoms with van der Waals surface area (Å²) in [6.45, 7) is 10.5. The van der Waals surface area contributed by atoms with Crippen LogP contribution in [0, 0.1) is 5.92 Å². The van der Waals surface area contributed by atoms with E-state index in [0.717, 1.165) is 57.4 Å². The van der Waals surface area contributed by atoms with E-state index in [0.29, 0.717) is 11.8 Å². The summed E-state index contributed by atoms with van der Waals surface area (Å²) in [5.74, 6) is 2.45. The summed E-state index contributed by atoms with van der Waals surface area (Å²) in [6.07, 6.45) is 15.4. The molecule has 2 atom stereocenters. The van der Waals surface area contributed by atoms with Crippen molar-refractivity contribution in [1.82, 2.24) is 15.3 Å². The molecule has 0 aliphatic carbocycles. The van der Waals surface area contributed by atoms with Crippen molar-refractivity contribution in [2.45, 2.75) is 85.0 Å². The highest BCUT2D eigenvalue weighted by Gasteiger charge is 2.18. The Labute approximate surface area is 230 Å². The monoisotopic (exact) mass is 517 g/mol. The lowest BCUT2D eigenvalue weighted by molar-refractivity contribution is -0.109. The third-order valence-corrected chi connectivity index (χ3v) is 6.88. The third-order valence-electron chi connectivity index (χ3n) is 6.88. The summed E-state index contributed by atoms with van der Waals surface area (Å²) in [5.41, 5.74) is 5.32. The van der Waals surface area contributed by atoms with E-state index in [2.05, 4.69) is 79.4 Å². The van der Waals surface area contributed by atoms with E-state index in [9.17, 15) is 4.79 Å². The molecule has 1 amide bonds. The van der Waals surface area contributed by atoms with Crippen molar-refractivity contribution < 1.29 is 9.53 Å². The van der Waals surface area contributed by atoms with Crippen LogP contribution in [-0.4, -0.2) is 29.5 Å². The molecule has 1 aromatic carbocycles. The highest BCUT2D eigenvalue weighted by molar-refractivity contribution is 5.45. The fourth-order valence-electron chi connectivity index (χ4n) is 4.46. The molecule has 1 aliphatic rings. The van der Waals surface area contributed by atoms with Crippen molar-refractivity contribution >= 4 is 6.41 Å². The lowest BCUT2D eigenvalue weighted by Crippen LogP contribution is -2.11. The Morgan fingerprint density at radius 2 is 1.95 bits per heavy atom. The number of unbranched alkanes of at least 4 members (excludes halogenated alkanes) is 1. The first kappa shape index (κ1) is 31.0. The Kier molecular flexibility index (Phi) is 15.5. The van der Waals surface area contributed by atoms with Crippen molar-refractivity contribution in [2.75, 3.05) is 13.2 Å². The Morgan fingerprint density at radius 3 is 2.58 bits per heavy atom. The first-order valence-corrected chi connectivity index (χ1v) is 14.3. The summed E-state index contributed by atoms with van der Waals surface area (Å²) in [6, 6.07) is 17.1. The second-order valence-electron chi connectivity index (χ2n) is 9.91. The van der Waals surface area contributed by atoms with Gasteiger partial charge < -0.3 is 10.1 Å². The Bertz CT molecular complexity index is 1010. The molecule has 0 radical (unpaired) electrons. The zero-order valence-corrected chi connectivity index (χ0v) is 23.9. The molecule has 0 fully saturated rings. The van der Waals surface area contributed by atoms with Crippen molar-refractivity contribution in [2.24, 2.45) is 5.92 Å². The molecular weight excluding hydrogens is 470 g/mol. The van der Waals surface area contributed by atoms with E-state index in [1.54, 1.807) is 6.20 Å². The molecule has 1 aliphatic heterocycles. The minimum atomic E-state index is 0.628. The molecule has 3 aromatic rings. The number of nitrogens with one attached hydrogen (secondary N) is 1. The number of hydrogen-bond acceptors (Lipinski definition) is 4. The molecule has 0 spiro atoms. The first-order chi connectivity index (χ1) is 18.6. The molecule has 206 valence electrons. The smallest absolute Gasteiger partial charge is 0.207 e. The Hall–Kier alpha value is -3.21. The minimum Gasteiger partial charge on any atom is -0.493 e. The van der Waals surface area contributed by atoms with Gasteiger partial charge in [-0.1, -0.05) is 58.4 Å². The number of pyridine rings is 2. The number of aryl methyl sites for hydroxylation is 2. The van der Waals surface area contributed by atoms with Gasteiger partial charge >= 0.3 is 0 Å². The van der Waals surface area contributed by atoms with Gasteiger partial charge in [0.1, 0.15) is 5.75 Å². The van der Waals surface area contributed by atoms with Crippen LogP contribution in [-0.2, 0) is 24.1 Å². The average Bonchev–Trinajstić information content (AvgIpc) is 3.45. The fourth-order valence-corrected chi connectivity index (χ4v) is 4.46. The zero-order valence-electron chi connectivity index (χ0n) is 23.9. The summed E-state index contributed by atoms with van der Waals surface area (Å²) in [4.78, 5) is 18.0. The molecule has 5 heteroatoms. The number of benzene rings is 1. The van der Waals surface area contributed by atoms with Crippen molar-refractivity contribution in [3.8, 4) is 5.75 Å². The minimum absolute atomic E-state index is 0.628. The standard InChI is InChI=1S/C21H27NO.C7H9N.C5H11NO/c1-3-17(19-9-8-18-11-13-23-21(18)15-19)14-16(2)7-10-20-6-4-5-12-22-20;1-2-7-4-3-5-8-6-7;1-2-3-4-6-5-7/h4-6,8-9,12,15-17H,3,7,10-11,13-14H2,1-2H3;3-6H,2H2,1H3;5H,2-4H2,1H3,(H,6,7). The van der Waals surface area contributed by atoms with Crippen LogP contribution in [0.3, 0.4) is 0 Å². The van der Waals surface area contributed by atoms with Crippen LogP contribution >= 0.6 is 0 Å². The highest BCUT2D eigenvalue weighted by atomic mass is 16.5. The molecule has 0 saturated carbocycles. The van der Waals surface area contributed by atoms with Gasteiger partial charge in [0.05, 0.1) is 6.61 Å². The van der Waals surface area contributed by atoms with Gasteiger partial charge in [0.15, 0.2) is 0 Å². The lowest BCUT2D eigenvalue weighted by atomic mass is 9.85. The van der Waals surface area contributed by atoms with Gasteiger partial charge in [0.25, 0.3) is 0 Å². The molecule has 1 N–H and O–H groups in total. The molecule has 5 nitrogen and oxygen atoms in total. The molecule has 2 aromatic heterocycles. The first-order valence-electron chi connectivity index (χ1n) is 14.3. The molecule has 0 bridgehead atoms. The number of carbonyl (C=O) groups excluding carboxylic acids is 1. The topological polar surface area (TPSA) is 64.1 Å². The van der Waals surface area contributed by atoms with Crippen LogP contribution in [0.25, 0.3) is 0 Å². The van der Waals surface area contributed by atoms with Gasteiger partial charge in [-0.15, -0.1) is 0 Å². The number of carbonyl (C=O) groups is 1. The van der Waals surface area contributed by atoms with E-state index in [1.807, 2.05) is 24.5 Å². The van der Waals surface area contributed by atoms with E-state index < -0.39 is 0 Å². The Morgan fingerprint density at radius 1 is 1.08 bits per heavy atom. The SMILES string of the molecule is CCC(CC(C)CCc1ccccn1)c1ccc2c(c1)OCC2.CCCCNC=O.CCc1cccnc1. The maximum absolute atomic E-state index is 9.57. The number of rotatable bonds is 12. The summed E-state index contributed by atoms with van der Waals surface area (Å²) >= 11 is 0. The molecule has 38 heavy (non-hydrogen) atoms. The molecule has 2 unspecified atom stereocenters. The summed E-state index contributed by atoms with van der Waals surface area (Å²) in [7, 11) is 0. The number of ether oxygens (including phenoxy) is 1. The van der Waals surface area contributed by atoms with Gasteiger partial charge in [-0.2, -0.15) is 0 Å². The van der Waals surface area contributed by atoms with Gasteiger partial charge in [-0.3, -0.25) is 14.8 Å². The molecular formula is C33H47N3O2. The van der Waals surface area contributed by atoms with Gasteiger partial charge in [0, 0.05) is 37.3 Å². The number of hydrogen-bond donors (Lipinski definition) is 1. The van der Waals surface area contributed by atoms with Crippen LogP contribution < -0.4 is 10.1 Å². The van der Waals surface area contributed by atoms with Crippen molar-refractivity contribution in [3.05, 3.63) is 89.5 Å². The van der Waals surface area contributed by atoms with E-state index in [4.69, 9.17) is 4.74 Å². The van der Waals surface area contributed by atoms with Crippen molar-refractivity contribution in [1.29, 1.82) is 0 Å². The maximum atomic E-state index is 9.57. The number of amides is 1. The van der Waals surface area contributed by atoms with Crippen LogP contribution in [0.2, 0.25) is 0 Å². The zero-order chi connectivity index (χ0) is 27.4. The van der Waals surface area contributed by atoms with Crippen LogP contribution in [0.4, 0.5) is 0 Å². The van der Waals surface area contributed by atoms with E-state index in [-0.39, 0.29) is 0 Å². The molecule has 0 saturated heterocycles. The maximum Gasteiger partial charge on any atom is 0.207 e. The van der Waals surface area contributed by atoms with Crippen LogP contribution in [0.1, 0.15) is 88.1 Å². The van der Waals surface area contributed by atoms with E-state index >= 15 is 0 Å². The van der Waals surface area contributed by atoms with Crippen LogP contribution in [0.15, 0.2) is 67.1 Å². The van der Waals surface area contributed by atoms with Crippen LogP contribution in [0.5, 0.6) is 5.75 Å². The van der Waals surface area contributed by atoms with Gasteiger partial charge in [-0.05, 0) is 91.3 Å². The average molecular weight is 518 g/mol. The lowest BCUT2D eigenvalue weighted by Gasteiger charge is -2.20. The number of nitrogens with zero attached hydrogens (tertiary/aromatic N) is 2. The second kappa shape index (κ2) is 18.9. The molecule has 3 heterocycles. The predicted molar refractivity (Wildman–Crippen MR) is 158 cm³/mol. The van der Waals surface area contributed by atoms with E-state index in [1.165, 1.54) is 41.6 Å². The second-order valence-corrected chi connectivity index (χ2v) is 9.91. The normalized spacial score (nSPS) is 12.9.